The number of benzene rings is 1. The molecule has 0 amide bonds. The largest absolute Gasteiger partial charge is 0.298 e. The normalized spacial score (nSPS) is 22.6. The highest BCUT2D eigenvalue weighted by Crippen LogP contribution is 2.26. The van der Waals surface area contributed by atoms with E-state index in [0.717, 1.165) is 48.0 Å². The zero-order valence-electron chi connectivity index (χ0n) is 13.4. The molecule has 1 aliphatic heterocycles. The molecule has 2 fully saturated rings. The molecule has 1 saturated carbocycles. The molecule has 4 nitrogen and oxygen atoms in total. The van der Waals surface area contributed by atoms with Crippen molar-refractivity contribution < 1.29 is 4.21 Å². The summed E-state index contributed by atoms with van der Waals surface area (Å²) in [7, 11) is -1.12. The summed E-state index contributed by atoms with van der Waals surface area (Å²) >= 11 is 0. The fourth-order valence-electron chi connectivity index (χ4n) is 3.86. The van der Waals surface area contributed by atoms with E-state index < -0.39 is 11.0 Å². The van der Waals surface area contributed by atoms with Gasteiger partial charge < -0.3 is 0 Å². The molecule has 5 heteroatoms. The van der Waals surface area contributed by atoms with Crippen molar-refractivity contribution in [2.45, 2.75) is 36.6 Å². The van der Waals surface area contributed by atoms with Crippen LogP contribution < -0.4 is 0 Å². The van der Waals surface area contributed by atoms with E-state index in [1.165, 1.54) is 25.7 Å². The predicted molar refractivity (Wildman–Crippen MR) is 93.6 cm³/mol. The van der Waals surface area contributed by atoms with Gasteiger partial charge in [0.15, 0.2) is 0 Å². The van der Waals surface area contributed by atoms with E-state index in [-0.39, 0.29) is 0 Å². The van der Waals surface area contributed by atoms with Crippen LogP contribution in [0, 0.1) is 0 Å². The highest BCUT2D eigenvalue weighted by molar-refractivity contribution is 7.83. The van der Waals surface area contributed by atoms with Gasteiger partial charge in [-0.15, -0.1) is 0 Å². The Labute approximate surface area is 140 Å². The minimum Gasteiger partial charge on any atom is -0.298 e. The van der Waals surface area contributed by atoms with Crippen molar-refractivity contribution in [1.29, 1.82) is 0 Å². The molecule has 2 aliphatic rings. The summed E-state index contributed by atoms with van der Waals surface area (Å²) in [5, 5.41) is 1.06. The maximum Gasteiger partial charge on any atom is 0.129 e. The van der Waals surface area contributed by atoms with Crippen LogP contribution in [0.3, 0.4) is 0 Å². The number of piperazine rings is 1. The van der Waals surface area contributed by atoms with Gasteiger partial charge in [0, 0.05) is 43.8 Å². The molecule has 2 heterocycles. The van der Waals surface area contributed by atoms with Crippen LogP contribution in [0.1, 0.15) is 25.7 Å². The average molecular weight is 329 g/mol. The lowest BCUT2D eigenvalue weighted by atomic mass is 10.2. The van der Waals surface area contributed by atoms with Crippen LogP contribution in [0.4, 0.5) is 0 Å². The molecule has 4 rings (SSSR count). The monoisotopic (exact) mass is 329 g/mol. The highest BCUT2D eigenvalue weighted by Gasteiger charge is 2.28. The number of hydrogen-bond donors (Lipinski definition) is 0. The molecule has 1 aromatic heterocycles. The van der Waals surface area contributed by atoms with Crippen LogP contribution in [0.5, 0.6) is 0 Å². The van der Waals surface area contributed by atoms with Crippen molar-refractivity contribution in [2.24, 2.45) is 0 Å². The van der Waals surface area contributed by atoms with Crippen molar-refractivity contribution in [3.63, 3.8) is 0 Å². The van der Waals surface area contributed by atoms with E-state index in [0.29, 0.717) is 0 Å². The Hall–Kier alpha value is -1.30. The molecule has 1 aromatic carbocycles. The van der Waals surface area contributed by atoms with Crippen LogP contribution in [-0.4, -0.2) is 50.6 Å². The Kier molecular flexibility index (Phi) is 4.42. The average Bonchev–Trinajstić information content (AvgIpc) is 3.15. The van der Waals surface area contributed by atoms with E-state index in [1.54, 1.807) is 6.20 Å². The van der Waals surface area contributed by atoms with E-state index in [4.69, 9.17) is 0 Å². The summed E-state index contributed by atoms with van der Waals surface area (Å²) < 4.78 is 15.1. The standard InChI is InChI=1S/C18H23N3OS/c22-23(17-9-3-5-15-6-4-10-19-18(15)17)21-13-11-20(12-14-21)16-7-1-2-8-16/h3-6,9-10,16H,1-2,7-8,11-14H2. The van der Waals surface area contributed by atoms with Crippen LogP contribution in [0.25, 0.3) is 10.9 Å². The zero-order chi connectivity index (χ0) is 15.6. The van der Waals surface area contributed by atoms with Gasteiger partial charge in [-0.2, -0.15) is 0 Å². The first-order chi connectivity index (χ1) is 11.3. The Morgan fingerprint density at radius 1 is 1.00 bits per heavy atom. The molecule has 1 saturated heterocycles. The Morgan fingerprint density at radius 2 is 1.74 bits per heavy atom. The van der Waals surface area contributed by atoms with Crippen molar-refractivity contribution in [2.75, 3.05) is 26.2 Å². The lowest BCUT2D eigenvalue weighted by Gasteiger charge is -2.37. The predicted octanol–water partition coefficient (Wildman–Crippen LogP) is 2.82. The summed E-state index contributed by atoms with van der Waals surface area (Å²) in [6, 6.07) is 10.7. The minimum atomic E-state index is -1.12. The van der Waals surface area contributed by atoms with E-state index in [9.17, 15) is 4.21 Å². The maximum absolute atomic E-state index is 13.0. The van der Waals surface area contributed by atoms with Gasteiger partial charge in [-0.25, -0.2) is 8.51 Å². The molecule has 1 aliphatic carbocycles. The third kappa shape index (κ3) is 3.05. The van der Waals surface area contributed by atoms with Gasteiger partial charge in [-0.3, -0.25) is 9.88 Å². The summed E-state index contributed by atoms with van der Waals surface area (Å²) in [4.78, 5) is 7.89. The summed E-state index contributed by atoms with van der Waals surface area (Å²) in [5.74, 6) is 0. The van der Waals surface area contributed by atoms with Crippen molar-refractivity contribution >= 4 is 21.9 Å². The molecule has 2 aromatic rings. The number of pyridine rings is 1. The summed E-state index contributed by atoms with van der Waals surface area (Å²) in [5.41, 5.74) is 0.867. The molecule has 0 N–H and O–H groups in total. The Morgan fingerprint density at radius 3 is 2.52 bits per heavy atom. The van der Waals surface area contributed by atoms with E-state index >= 15 is 0 Å². The second-order valence-electron chi connectivity index (χ2n) is 6.48. The smallest absolute Gasteiger partial charge is 0.129 e. The van der Waals surface area contributed by atoms with Crippen molar-refractivity contribution in [1.82, 2.24) is 14.2 Å². The second kappa shape index (κ2) is 6.67. The molecule has 0 bridgehead atoms. The highest BCUT2D eigenvalue weighted by atomic mass is 32.2. The zero-order valence-corrected chi connectivity index (χ0v) is 14.2. The van der Waals surface area contributed by atoms with Gasteiger partial charge >= 0.3 is 0 Å². The van der Waals surface area contributed by atoms with Crippen LogP contribution in [0.2, 0.25) is 0 Å². The first-order valence-corrected chi connectivity index (χ1v) is 9.68. The molecular formula is C18H23N3OS. The van der Waals surface area contributed by atoms with Crippen molar-refractivity contribution in [3.05, 3.63) is 36.5 Å². The van der Waals surface area contributed by atoms with E-state index in [1.807, 2.05) is 30.3 Å². The quantitative estimate of drug-likeness (QED) is 0.869. The molecule has 1 unspecified atom stereocenters. The third-order valence-corrected chi connectivity index (χ3v) is 6.67. The molecule has 0 radical (unpaired) electrons. The topological polar surface area (TPSA) is 36.4 Å². The molecule has 23 heavy (non-hydrogen) atoms. The van der Waals surface area contributed by atoms with Gasteiger partial charge in [0.1, 0.15) is 11.0 Å². The van der Waals surface area contributed by atoms with Crippen LogP contribution >= 0.6 is 0 Å². The Balaban J connectivity index is 1.49. The minimum absolute atomic E-state index is 0.768. The number of aromatic nitrogens is 1. The fraction of sp³-hybridized carbons (Fsp3) is 0.500. The lowest BCUT2D eigenvalue weighted by molar-refractivity contribution is 0.141. The van der Waals surface area contributed by atoms with Crippen LogP contribution in [0.15, 0.2) is 41.4 Å². The molecule has 122 valence electrons. The van der Waals surface area contributed by atoms with Crippen molar-refractivity contribution in [3.8, 4) is 0 Å². The first kappa shape index (κ1) is 15.2. The van der Waals surface area contributed by atoms with Gasteiger partial charge in [0.2, 0.25) is 0 Å². The number of fused-ring (bicyclic) bond motifs is 1. The van der Waals surface area contributed by atoms with Crippen LogP contribution in [-0.2, 0) is 11.0 Å². The number of nitrogens with zero attached hydrogens (tertiary/aromatic N) is 3. The number of hydrogen-bond acceptors (Lipinski definition) is 3. The third-order valence-electron chi connectivity index (χ3n) is 5.13. The number of para-hydroxylation sites is 1. The molecular weight excluding hydrogens is 306 g/mol. The lowest BCUT2D eigenvalue weighted by Crippen LogP contribution is -2.50. The molecule has 0 spiro atoms. The van der Waals surface area contributed by atoms with E-state index in [2.05, 4.69) is 14.2 Å². The SMILES string of the molecule is O=S(c1cccc2cccnc12)N1CCN(C2CCCC2)CC1. The Bertz CT molecular complexity index is 701. The second-order valence-corrected chi connectivity index (χ2v) is 7.94. The summed E-state index contributed by atoms with van der Waals surface area (Å²) in [6.45, 7) is 3.84. The summed E-state index contributed by atoms with van der Waals surface area (Å²) in [6.07, 6.45) is 7.21. The first-order valence-electron chi connectivity index (χ1n) is 8.57. The van der Waals surface area contributed by atoms with Gasteiger partial charge in [0.05, 0.1) is 10.4 Å². The van der Waals surface area contributed by atoms with Gasteiger partial charge in [0.25, 0.3) is 0 Å². The fourth-order valence-corrected chi connectivity index (χ4v) is 5.16. The maximum atomic E-state index is 13.0. The molecule has 1 atom stereocenters. The van der Waals surface area contributed by atoms with Gasteiger partial charge in [-0.05, 0) is 25.0 Å². The van der Waals surface area contributed by atoms with Gasteiger partial charge in [-0.1, -0.05) is 31.0 Å². The number of rotatable bonds is 3.